The van der Waals surface area contributed by atoms with E-state index in [4.69, 9.17) is 14.6 Å². The van der Waals surface area contributed by atoms with Gasteiger partial charge in [0.2, 0.25) is 6.79 Å². The van der Waals surface area contributed by atoms with E-state index in [1.165, 1.54) is 11.1 Å². The van der Waals surface area contributed by atoms with Crippen molar-refractivity contribution < 1.29 is 29.3 Å². The van der Waals surface area contributed by atoms with E-state index >= 15 is 0 Å². The molecule has 28 heavy (non-hydrogen) atoms. The molecule has 1 atom stereocenters. The van der Waals surface area contributed by atoms with Crippen LogP contribution in [0.4, 0.5) is 0 Å². The number of carbonyl (C=O) groups is 2. The maximum absolute atomic E-state index is 12.6. The Morgan fingerprint density at radius 1 is 1.11 bits per heavy atom. The zero-order valence-electron chi connectivity index (χ0n) is 14.6. The van der Waals surface area contributed by atoms with Gasteiger partial charge in [0.15, 0.2) is 11.5 Å². The van der Waals surface area contributed by atoms with Gasteiger partial charge in [-0.05, 0) is 24.3 Å². The van der Waals surface area contributed by atoms with Crippen LogP contribution in [-0.2, 0) is 9.59 Å². The molecule has 2 heterocycles. The molecule has 1 unspecified atom stereocenters. The highest BCUT2D eigenvalue weighted by Crippen LogP contribution is 2.39. The van der Waals surface area contributed by atoms with Crippen LogP contribution in [-0.4, -0.2) is 39.6 Å². The number of phenolic OH excluding ortho intramolecular Hbond substituents is 1. The van der Waals surface area contributed by atoms with Crippen molar-refractivity contribution in [1.29, 1.82) is 0 Å². The first kappa shape index (κ1) is 17.6. The molecule has 8 nitrogen and oxygen atoms in total. The van der Waals surface area contributed by atoms with Crippen LogP contribution >= 0.6 is 0 Å². The predicted octanol–water partition coefficient (Wildman–Crippen LogP) is 2.44. The molecule has 0 bridgehead atoms. The normalized spacial score (nSPS) is 17.8. The summed E-state index contributed by atoms with van der Waals surface area (Å²) < 4.78 is 10.7. The van der Waals surface area contributed by atoms with Crippen LogP contribution in [0.15, 0.2) is 59.7 Å². The number of carbonyl (C=O) groups excluding carboxylic acids is 1. The first-order valence-electron chi connectivity index (χ1n) is 8.52. The predicted molar refractivity (Wildman–Crippen MR) is 98.2 cm³/mol. The Bertz CT molecular complexity index is 1010. The molecule has 2 N–H and O–H groups in total. The molecule has 4 rings (SSSR count). The number of hydrogen-bond acceptors (Lipinski definition) is 6. The van der Waals surface area contributed by atoms with E-state index in [1.807, 2.05) is 6.07 Å². The number of nitrogens with zero attached hydrogens (tertiary/aromatic N) is 2. The minimum absolute atomic E-state index is 0.0367. The Labute approximate surface area is 159 Å². The Balaban J connectivity index is 1.70. The van der Waals surface area contributed by atoms with Crippen molar-refractivity contribution in [2.24, 2.45) is 5.10 Å². The van der Waals surface area contributed by atoms with Crippen LogP contribution in [0, 0.1) is 0 Å². The summed E-state index contributed by atoms with van der Waals surface area (Å²) in [6.45, 7) is 0.149. The van der Waals surface area contributed by atoms with Gasteiger partial charge in [0, 0.05) is 29.7 Å². The van der Waals surface area contributed by atoms with Gasteiger partial charge in [-0.25, -0.2) is 9.80 Å². The van der Waals surface area contributed by atoms with Crippen molar-refractivity contribution >= 4 is 17.6 Å². The third-order valence-corrected chi connectivity index (χ3v) is 4.51. The van der Waals surface area contributed by atoms with Crippen molar-refractivity contribution in [3.05, 3.63) is 65.7 Å². The molecule has 0 spiro atoms. The quantitative estimate of drug-likeness (QED) is 0.789. The van der Waals surface area contributed by atoms with Crippen molar-refractivity contribution in [3.63, 3.8) is 0 Å². The number of ether oxygens (including phenoxy) is 2. The molecule has 142 valence electrons. The van der Waals surface area contributed by atoms with Crippen molar-refractivity contribution in [3.8, 4) is 17.2 Å². The number of amides is 1. The molecule has 2 aromatic carbocycles. The molecule has 0 radical (unpaired) electrons. The lowest BCUT2D eigenvalue weighted by Gasteiger charge is -2.21. The number of benzene rings is 2. The number of carboxylic acids is 1. The molecule has 2 aliphatic heterocycles. The van der Waals surface area contributed by atoms with Gasteiger partial charge in [0.25, 0.3) is 5.91 Å². The molecule has 0 aromatic heterocycles. The highest BCUT2D eigenvalue weighted by molar-refractivity contribution is 6.05. The summed E-state index contributed by atoms with van der Waals surface area (Å²) in [5, 5.41) is 24.6. The van der Waals surface area contributed by atoms with Crippen LogP contribution < -0.4 is 9.47 Å². The first-order chi connectivity index (χ1) is 13.5. The number of carboxylic acid groups (broad SMARTS) is 1. The smallest absolute Gasteiger partial charge is 0.328 e. The minimum atomic E-state index is -1.23. The van der Waals surface area contributed by atoms with Crippen LogP contribution in [0.1, 0.15) is 23.6 Å². The van der Waals surface area contributed by atoms with E-state index in [-0.39, 0.29) is 12.5 Å². The van der Waals surface area contributed by atoms with Crippen molar-refractivity contribution in [1.82, 2.24) is 5.01 Å². The zero-order chi connectivity index (χ0) is 19.7. The van der Waals surface area contributed by atoms with Gasteiger partial charge in [-0.15, -0.1) is 0 Å². The lowest BCUT2D eigenvalue weighted by molar-refractivity contribution is -0.132. The monoisotopic (exact) mass is 380 g/mol. The lowest BCUT2D eigenvalue weighted by Crippen LogP contribution is -2.25. The van der Waals surface area contributed by atoms with Gasteiger partial charge in [-0.2, -0.15) is 5.10 Å². The molecule has 0 fully saturated rings. The standard InChI is InChI=1S/C20H16N2O6/c23-16-4-2-1-3-13(16)15-10-14(21-22(15)19(24)7-8-20(25)26)12-5-6-17-18(9-12)28-11-27-17/h1-9,15,23H,10-11H2,(H,25,26). The van der Waals surface area contributed by atoms with Gasteiger partial charge in [-0.1, -0.05) is 18.2 Å². The number of hydrazone groups is 1. The third-order valence-electron chi connectivity index (χ3n) is 4.51. The summed E-state index contributed by atoms with van der Waals surface area (Å²) in [6.07, 6.45) is 2.06. The Morgan fingerprint density at radius 3 is 2.68 bits per heavy atom. The second kappa shape index (κ2) is 7.07. The molecule has 0 aliphatic carbocycles. The van der Waals surface area contributed by atoms with Crippen molar-refractivity contribution in [2.45, 2.75) is 12.5 Å². The van der Waals surface area contributed by atoms with E-state index in [2.05, 4.69) is 5.10 Å². The number of aliphatic carboxylic acids is 1. The molecular formula is C20H16N2O6. The molecule has 2 aliphatic rings. The number of fused-ring (bicyclic) bond motifs is 1. The first-order valence-corrected chi connectivity index (χ1v) is 8.52. The van der Waals surface area contributed by atoms with E-state index < -0.39 is 17.9 Å². The van der Waals surface area contributed by atoms with Gasteiger partial charge >= 0.3 is 5.97 Å². The number of para-hydroxylation sites is 1. The van der Waals surface area contributed by atoms with Crippen LogP contribution in [0.25, 0.3) is 0 Å². The largest absolute Gasteiger partial charge is 0.508 e. The maximum atomic E-state index is 12.6. The van der Waals surface area contributed by atoms with Crippen molar-refractivity contribution in [2.75, 3.05) is 6.79 Å². The average Bonchev–Trinajstić information content (AvgIpc) is 3.33. The van der Waals surface area contributed by atoms with E-state index in [0.717, 1.165) is 17.7 Å². The number of aromatic hydroxyl groups is 1. The molecule has 0 saturated heterocycles. The summed E-state index contributed by atoms with van der Waals surface area (Å²) in [5.41, 5.74) is 1.89. The summed E-state index contributed by atoms with van der Waals surface area (Å²) >= 11 is 0. The Morgan fingerprint density at radius 2 is 1.89 bits per heavy atom. The minimum Gasteiger partial charge on any atom is -0.508 e. The van der Waals surface area contributed by atoms with Gasteiger partial charge in [0.05, 0.1) is 11.8 Å². The fourth-order valence-corrected chi connectivity index (χ4v) is 3.19. The second-order valence-electron chi connectivity index (χ2n) is 6.25. The third kappa shape index (κ3) is 3.27. The average molecular weight is 380 g/mol. The van der Waals surface area contributed by atoms with E-state index in [1.54, 1.807) is 30.3 Å². The summed E-state index contributed by atoms with van der Waals surface area (Å²) in [4.78, 5) is 23.3. The fraction of sp³-hybridized carbons (Fsp3) is 0.150. The van der Waals surface area contributed by atoms with Crippen LogP contribution in [0.2, 0.25) is 0 Å². The lowest BCUT2D eigenvalue weighted by atomic mass is 9.97. The molecule has 8 heteroatoms. The number of phenols is 1. The SMILES string of the molecule is O=C(O)C=CC(=O)N1N=C(c2ccc3c(c2)OCO3)CC1c1ccccc1O. The summed E-state index contributed by atoms with van der Waals surface area (Å²) in [7, 11) is 0. The maximum Gasteiger partial charge on any atom is 0.328 e. The van der Waals surface area contributed by atoms with Gasteiger partial charge < -0.3 is 19.7 Å². The van der Waals surface area contributed by atoms with Crippen LogP contribution in [0.5, 0.6) is 17.2 Å². The fourth-order valence-electron chi connectivity index (χ4n) is 3.19. The molecule has 1 amide bonds. The summed E-state index contributed by atoms with van der Waals surface area (Å²) in [6, 6.07) is 11.5. The van der Waals surface area contributed by atoms with Gasteiger partial charge in [0.1, 0.15) is 5.75 Å². The molecule has 0 saturated carbocycles. The zero-order valence-corrected chi connectivity index (χ0v) is 14.6. The topological polar surface area (TPSA) is 109 Å². The number of hydrogen-bond donors (Lipinski definition) is 2. The molecular weight excluding hydrogens is 364 g/mol. The highest BCUT2D eigenvalue weighted by Gasteiger charge is 2.34. The Kier molecular flexibility index (Phi) is 4.44. The van der Waals surface area contributed by atoms with Crippen LogP contribution in [0.3, 0.4) is 0 Å². The Hall–Kier alpha value is -3.81. The van der Waals surface area contributed by atoms with E-state index in [0.29, 0.717) is 29.2 Å². The number of rotatable bonds is 4. The highest BCUT2D eigenvalue weighted by atomic mass is 16.7. The summed E-state index contributed by atoms with van der Waals surface area (Å²) in [5.74, 6) is -0.556. The second-order valence-corrected chi connectivity index (χ2v) is 6.25. The van der Waals surface area contributed by atoms with E-state index in [9.17, 15) is 14.7 Å². The molecule has 2 aromatic rings. The van der Waals surface area contributed by atoms with Gasteiger partial charge in [-0.3, -0.25) is 4.79 Å².